The number of fused-ring (bicyclic) bond motifs is 2. The first-order chi connectivity index (χ1) is 40.0. The van der Waals surface area contributed by atoms with Crippen LogP contribution in [0.1, 0.15) is 62.9 Å². The number of anilines is 2. The van der Waals surface area contributed by atoms with Crippen LogP contribution >= 0.6 is 0 Å². The van der Waals surface area contributed by atoms with Gasteiger partial charge < -0.3 is 24.2 Å². The van der Waals surface area contributed by atoms with Crippen LogP contribution < -0.4 is 10.6 Å². The van der Waals surface area contributed by atoms with Crippen LogP contribution in [-0.2, 0) is 10.3 Å². The molecule has 396 valence electrons. The van der Waals surface area contributed by atoms with Crippen molar-refractivity contribution in [3.63, 3.8) is 0 Å². The molecule has 0 aliphatic carbocycles. The molecule has 1 saturated heterocycles. The summed E-state index contributed by atoms with van der Waals surface area (Å²) in [6, 6.07) is 62.1. The fourth-order valence-corrected chi connectivity index (χ4v) is 10.5. The van der Waals surface area contributed by atoms with Gasteiger partial charge in [-0.1, -0.05) is 115 Å². The highest BCUT2D eigenvalue weighted by Gasteiger charge is 2.40. The molecular formula is C64H50N12O5. The lowest BCUT2D eigenvalue weighted by molar-refractivity contribution is -0.0365. The standard InChI is InChI=1S/C44H36N6O3.C20H14N6O2/c51-43(33-24-26-52-29-33)46-37-20-12-13-31(27-37)41-38-28-32(22-23-39(38)50(47-41)40-21-10-11-25-53-40)42-45-30-49(48-42)44(34-14-4-1-5-15-34,35-16-6-2-7-17-35)36-18-8-3-9-19-36;27-20(14-6-7-28-10-14)23-15-3-1-2-12(8-15)18-16-9-13(19-21-11-22-26-19)4-5-17(16)24-25-18/h1-9,12-20,22-24,26-30,40H,10-11,21,25H2,(H,46,51);1-11H,(H,23,27)(H,24,25)(H,21,22,26). The minimum Gasteiger partial charge on any atom is -0.472 e. The summed E-state index contributed by atoms with van der Waals surface area (Å²) >= 11 is 0. The monoisotopic (exact) mass is 1070 g/mol. The summed E-state index contributed by atoms with van der Waals surface area (Å²) in [5.74, 6) is 0.803. The molecule has 17 nitrogen and oxygen atoms in total. The summed E-state index contributed by atoms with van der Waals surface area (Å²) in [7, 11) is 0. The van der Waals surface area contributed by atoms with Crippen molar-refractivity contribution in [3.8, 4) is 45.3 Å². The third kappa shape index (κ3) is 9.85. The van der Waals surface area contributed by atoms with Crippen LogP contribution in [0.4, 0.5) is 11.4 Å². The van der Waals surface area contributed by atoms with Crippen LogP contribution in [0.15, 0.2) is 235 Å². The zero-order chi connectivity index (χ0) is 54.5. The maximum atomic E-state index is 12.9. The molecule has 0 spiro atoms. The molecule has 1 fully saturated rings. The summed E-state index contributed by atoms with van der Waals surface area (Å²) in [6.07, 6.45) is 11.9. The number of carbonyl (C=O) groups is 2. The minimum absolute atomic E-state index is 0.171. The van der Waals surface area contributed by atoms with E-state index in [-0.39, 0.29) is 18.0 Å². The van der Waals surface area contributed by atoms with Gasteiger partial charge >= 0.3 is 0 Å². The normalized spacial score (nSPS) is 13.4. The van der Waals surface area contributed by atoms with Gasteiger partial charge in [-0.25, -0.2) is 19.3 Å². The number of hydrogen-bond donors (Lipinski definition) is 4. The molecule has 4 N–H and O–H groups in total. The highest BCUT2D eigenvalue weighted by Crippen LogP contribution is 2.42. The third-order valence-electron chi connectivity index (χ3n) is 14.4. The molecule has 7 aromatic carbocycles. The van der Waals surface area contributed by atoms with Crippen molar-refractivity contribution >= 4 is 45.0 Å². The Morgan fingerprint density at radius 3 is 1.77 bits per heavy atom. The zero-order valence-corrected chi connectivity index (χ0v) is 43.4. The van der Waals surface area contributed by atoms with Crippen LogP contribution in [0.3, 0.4) is 0 Å². The first kappa shape index (κ1) is 49.8. The predicted octanol–water partition coefficient (Wildman–Crippen LogP) is 13.2. The van der Waals surface area contributed by atoms with E-state index >= 15 is 0 Å². The maximum absolute atomic E-state index is 12.9. The molecule has 1 atom stereocenters. The van der Waals surface area contributed by atoms with Crippen molar-refractivity contribution in [1.29, 1.82) is 0 Å². The van der Waals surface area contributed by atoms with Gasteiger partial charge in [0.25, 0.3) is 11.8 Å². The molecule has 1 aliphatic rings. The van der Waals surface area contributed by atoms with Crippen LogP contribution in [0.2, 0.25) is 0 Å². The number of carbonyl (C=O) groups excluding carboxylic acids is 2. The molecule has 6 aromatic heterocycles. The number of hydrogen-bond acceptors (Lipinski definition) is 11. The van der Waals surface area contributed by atoms with Gasteiger partial charge in [0.05, 0.1) is 40.4 Å². The van der Waals surface area contributed by atoms with E-state index in [4.69, 9.17) is 28.8 Å². The number of aromatic amines is 2. The van der Waals surface area contributed by atoms with Crippen molar-refractivity contribution in [2.24, 2.45) is 0 Å². The summed E-state index contributed by atoms with van der Waals surface area (Å²) in [6.45, 7) is 0.697. The van der Waals surface area contributed by atoms with Crippen molar-refractivity contribution in [3.05, 3.63) is 254 Å². The molecule has 2 amide bonds. The summed E-state index contributed by atoms with van der Waals surface area (Å²) in [5.41, 5.74) is 11.6. The van der Waals surface area contributed by atoms with Crippen molar-refractivity contribution in [2.45, 2.75) is 31.0 Å². The molecule has 81 heavy (non-hydrogen) atoms. The first-order valence-corrected chi connectivity index (χ1v) is 26.4. The first-order valence-electron chi connectivity index (χ1n) is 26.4. The average molecular weight is 1070 g/mol. The average Bonchev–Trinajstić information content (AvgIpc) is 4.56. The Labute approximate surface area is 463 Å². The number of amides is 2. The molecule has 13 aromatic rings. The topological polar surface area (TPSA) is 212 Å². The number of nitrogens with one attached hydrogen (secondary N) is 4. The van der Waals surface area contributed by atoms with Gasteiger partial charge in [0, 0.05) is 51.0 Å². The van der Waals surface area contributed by atoms with Crippen LogP contribution in [0.25, 0.3) is 67.1 Å². The summed E-state index contributed by atoms with van der Waals surface area (Å²) in [5, 5.41) is 32.4. The molecule has 7 heterocycles. The third-order valence-corrected chi connectivity index (χ3v) is 14.4. The Hall–Kier alpha value is -10.8. The van der Waals surface area contributed by atoms with Crippen LogP contribution in [0, 0.1) is 0 Å². The molecule has 14 rings (SSSR count). The summed E-state index contributed by atoms with van der Waals surface area (Å²) in [4.78, 5) is 34.3. The van der Waals surface area contributed by atoms with E-state index < -0.39 is 5.54 Å². The quantitative estimate of drug-likeness (QED) is 0.0797. The fourth-order valence-electron chi connectivity index (χ4n) is 10.5. The highest BCUT2D eigenvalue weighted by atomic mass is 16.5. The van der Waals surface area contributed by atoms with E-state index in [1.165, 1.54) is 31.4 Å². The van der Waals surface area contributed by atoms with Gasteiger partial charge in [-0.15, -0.1) is 5.10 Å². The second-order valence-corrected chi connectivity index (χ2v) is 19.4. The van der Waals surface area contributed by atoms with Crippen molar-refractivity contribution in [1.82, 2.24) is 49.9 Å². The van der Waals surface area contributed by atoms with Crippen LogP contribution in [0.5, 0.6) is 0 Å². The largest absolute Gasteiger partial charge is 0.472 e. The Balaban J connectivity index is 0.000000185. The Bertz CT molecular complexity index is 4170. The molecule has 1 aliphatic heterocycles. The lowest BCUT2D eigenvalue weighted by Gasteiger charge is -2.35. The number of benzene rings is 7. The number of rotatable bonds is 13. The maximum Gasteiger partial charge on any atom is 0.258 e. The number of furan rings is 2. The van der Waals surface area contributed by atoms with Gasteiger partial charge in [-0.3, -0.25) is 19.8 Å². The number of nitrogens with zero attached hydrogens (tertiary/aromatic N) is 8. The van der Waals surface area contributed by atoms with Crippen molar-refractivity contribution in [2.75, 3.05) is 17.2 Å². The van der Waals surface area contributed by atoms with E-state index in [0.29, 0.717) is 40.8 Å². The Kier molecular flexibility index (Phi) is 13.5. The summed E-state index contributed by atoms with van der Waals surface area (Å²) < 4.78 is 20.3. The van der Waals surface area contributed by atoms with Gasteiger partial charge in [0.1, 0.15) is 36.4 Å². The van der Waals surface area contributed by atoms with Gasteiger partial charge in [0.2, 0.25) is 0 Å². The molecule has 0 bridgehead atoms. The molecule has 0 radical (unpaired) electrons. The second-order valence-electron chi connectivity index (χ2n) is 19.4. The van der Waals surface area contributed by atoms with E-state index in [1.54, 1.807) is 12.1 Å². The van der Waals surface area contributed by atoms with E-state index in [0.717, 1.165) is 91.4 Å². The molecule has 1 unspecified atom stereocenters. The Morgan fingerprint density at radius 1 is 0.568 bits per heavy atom. The number of aromatic nitrogens is 10. The molecular weight excluding hydrogens is 1020 g/mol. The zero-order valence-electron chi connectivity index (χ0n) is 43.4. The van der Waals surface area contributed by atoms with Gasteiger partial charge in [0.15, 0.2) is 17.9 Å². The van der Waals surface area contributed by atoms with E-state index in [2.05, 4.69) is 127 Å². The van der Waals surface area contributed by atoms with Gasteiger partial charge in [-0.05, 0) is 109 Å². The predicted molar refractivity (Wildman–Crippen MR) is 308 cm³/mol. The second kappa shape index (κ2) is 21.9. The fraction of sp³-hybridized carbons (Fsp3) is 0.0938. The lowest BCUT2D eigenvalue weighted by Crippen LogP contribution is -2.38. The number of ether oxygens (including phenoxy) is 1. The van der Waals surface area contributed by atoms with E-state index in [1.807, 2.05) is 101 Å². The Morgan fingerprint density at radius 2 is 1.19 bits per heavy atom. The van der Waals surface area contributed by atoms with Crippen molar-refractivity contribution < 1.29 is 23.2 Å². The SMILES string of the molecule is O=C(Nc1cccc(-c2n[nH]c3ccc(-c4ncn[nH]4)cc23)c1)c1ccoc1.O=C(Nc1cccc(-c2nn(C3CCCCO3)c3ccc(-c4ncn(C(c5ccccc5)(c5ccccc5)c5ccccc5)n4)cc23)c1)c1ccoc1. The molecule has 17 heteroatoms. The molecule has 0 saturated carbocycles. The van der Waals surface area contributed by atoms with E-state index in [9.17, 15) is 9.59 Å². The smallest absolute Gasteiger partial charge is 0.258 e. The van der Waals surface area contributed by atoms with Crippen LogP contribution in [-0.4, -0.2) is 68.3 Å². The minimum atomic E-state index is -0.783. The van der Waals surface area contributed by atoms with Gasteiger partial charge in [-0.2, -0.15) is 15.3 Å². The highest BCUT2D eigenvalue weighted by molar-refractivity contribution is 6.05. The number of H-pyrrole nitrogens is 2. The lowest BCUT2D eigenvalue weighted by atomic mass is 9.77.